The number of nitrogens with zero attached hydrogens (tertiary/aromatic N) is 2. The summed E-state index contributed by atoms with van der Waals surface area (Å²) in [7, 11) is 1.82. The third-order valence-electron chi connectivity index (χ3n) is 1.96. The molecule has 6 heteroatoms. The molecule has 0 aliphatic rings. The molecule has 16 heavy (non-hydrogen) atoms. The molecule has 0 fully saturated rings. The summed E-state index contributed by atoms with van der Waals surface area (Å²) < 4.78 is 6.05. The molecule has 0 aliphatic heterocycles. The molecule has 1 N–H and O–H groups in total. The van der Waals surface area contributed by atoms with Crippen molar-refractivity contribution >= 4 is 27.5 Å². The minimum atomic E-state index is 0.427. The van der Waals surface area contributed by atoms with Crippen LogP contribution in [0.5, 0.6) is 0 Å². The van der Waals surface area contributed by atoms with Crippen molar-refractivity contribution in [1.29, 1.82) is 0 Å². The van der Waals surface area contributed by atoms with Gasteiger partial charge in [-0.3, -0.25) is 0 Å². The zero-order valence-corrected chi connectivity index (χ0v) is 10.8. The van der Waals surface area contributed by atoms with Gasteiger partial charge in [0.05, 0.1) is 17.1 Å². The summed E-state index contributed by atoms with van der Waals surface area (Å²) in [6, 6.07) is 5.48. The number of halogens is 2. The lowest BCUT2D eigenvalue weighted by Gasteiger charge is -1.98. The minimum Gasteiger partial charge on any atom is -0.334 e. The van der Waals surface area contributed by atoms with Crippen LogP contribution in [0, 0.1) is 0 Å². The summed E-state index contributed by atoms with van der Waals surface area (Å²) in [5.41, 5.74) is 0.728. The van der Waals surface area contributed by atoms with E-state index in [2.05, 4.69) is 31.4 Å². The summed E-state index contributed by atoms with van der Waals surface area (Å²) in [6.07, 6.45) is 0. The van der Waals surface area contributed by atoms with Crippen molar-refractivity contribution in [3.63, 3.8) is 0 Å². The maximum Gasteiger partial charge on any atom is 0.259 e. The average Bonchev–Trinajstić information content (AvgIpc) is 2.71. The van der Waals surface area contributed by atoms with Gasteiger partial charge in [-0.1, -0.05) is 32.7 Å². The fourth-order valence-corrected chi connectivity index (χ4v) is 1.81. The van der Waals surface area contributed by atoms with E-state index in [4.69, 9.17) is 16.1 Å². The van der Waals surface area contributed by atoms with Crippen molar-refractivity contribution in [2.24, 2.45) is 0 Å². The highest BCUT2D eigenvalue weighted by atomic mass is 79.9. The summed E-state index contributed by atoms with van der Waals surface area (Å²) in [5, 5.41) is 7.36. The van der Waals surface area contributed by atoms with Crippen molar-refractivity contribution in [1.82, 2.24) is 15.5 Å². The van der Waals surface area contributed by atoms with E-state index in [0.717, 1.165) is 10.0 Å². The summed E-state index contributed by atoms with van der Waals surface area (Å²) in [5.74, 6) is 1.03. The largest absolute Gasteiger partial charge is 0.334 e. The Hall–Kier alpha value is -0.910. The molecule has 84 valence electrons. The average molecular weight is 303 g/mol. The lowest BCUT2D eigenvalue weighted by Crippen LogP contribution is -2.06. The fourth-order valence-electron chi connectivity index (χ4n) is 1.25. The third-order valence-corrected chi connectivity index (χ3v) is 2.78. The van der Waals surface area contributed by atoms with Gasteiger partial charge in [-0.05, 0) is 25.2 Å². The fraction of sp³-hybridized carbons (Fsp3) is 0.200. The van der Waals surface area contributed by atoms with Gasteiger partial charge in [0.1, 0.15) is 0 Å². The van der Waals surface area contributed by atoms with E-state index >= 15 is 0 Å². The van der Waals surface area contributed by atoms with E-state index in [0.29, 0.717) is 23.3 Å². The Morgan fingerprint density at radius 1 is 1.50 bits per heavy atom. The summed E-state index contributed by atoms with van der Waals surface area (Å²) in [6.45, 7) is 0.565. The first kappa shape index (κ1) is 11.6. The van der Waals surface area contributed by atoms with Crippen LogP contribution in [-0.4, -0.2) is 17.2 Å². The maximum atomic E-state index is 6.05. The molecule has 2 aromatic rings. The molecule has 0 spiro atoms. The van der Waals surface area contributed by atoms with Crippen LogP contribution in [0.25, 0.3) is 11.5 Å². The topological polar surface area (TPSA) is 51.0 Å². The van der Waals surface area contributed by atoms with Crippen LogP contribution < -0.4 is 5.32 Å². The number of rotatable bonds is 3. The van der Waals surface area contributed by atoms with Gasteiger partial charge in [-0.15, -0.1) is 0 Å². The van der Waals surface area contributed by atoms with E-state index in [1.54, 1.807) is 6.07 Å². The van der Waals surface area contributed by atoms with E-state index in [1.165, 1.54) is 0 Å². The van der Waals surface area contributed by atoms with E-state index < -0.39 is 0 Å². The van der Waals surface area contributed by atoms with Crippen LogP contribution >= 0.6 is 27.5 Å². The molecule has 0 radical (unpaired) electrons. The number of benzene rings is 1. The zero-order valence-electron chi connectivity index (χ0n) is 8.50. The smallest absolute Gasteiger partial charge is 0.259 e. The van der Waals surface area contributed by atoms with Gasteiger partial charge in [0.15, 0.2) is 5.82 Å². The Morgan fingerprint density at radius 2 is 2.31 bits per heavy atom. The number of hydrogen-bond acceptors (Lipinski definition) is 4. The lowest BCUT2D eigenvalue weighted by molar-refractivity contribution is 0.420. The van der Waals surface area contributed by atoms with Gasteiger partial charge in [0.2, 0.25) is 0 Å². The van der Waals surface area contributed by atoms with E-state index in [-0.39, 0.29) is 0 Å². The molecule has 1 aromatic heterocycles. The third kappa shape index (κ3) is 2.42. The van der Waals surface area contributed by atoms with Crippen LogP contribution in [0.1, 0.15) is 5.82 Å². The molecular formula is C10H9BrClN3O. The molecule has 0 saturated carbocycles. The Balaban J connectivity index is 2.38. The second kappa shape index (κ2) is 4.95. The molecule has 0 bridgehead atoms. The molecular weight excluding hydrogens is 293 g/mol. The van der Waals surface area contributed by atoms with Crippen LogP contribution in [0.2, 0.25) is 5.02 Å². The first-order chi connectivity index (χ1) is 7.70. The predicted molar refractivity (Wildman–Crippen MR) is 65.2 cm³/mol. The van der Waals surface area contributed by atoms with Gasteiger partial charge in [0.25, 0.3) is 5.89 Å². The second-order valence-corrected chi connectivity index (χ2v) is 4.49. The van der Waals surface area contributed by atoms with Crippen molar-refractivity contribution in [3.05, 3.63) is 33.5 Å². The monoisotopic (exact) mass is 301 g/mol. The Morgan fingerprint density at radius 3 is 3.06 bits per heavy atom. The van der Waals surface area contributed by atoms with Crippen LogP contribution in [-0.2, 0) is 6.54 Å². The van der Waals surface area contributed by atoms with Gasteiger partial charge in [-0.2, -0.15) is 4.98 Å². The van der Waals surface area contributed by atoms with Gasteiger partial charge >= 0.3 is 0 Å². The Kier molecular flexibility index (Phi) is 3.58. The maximum absolute atomic E-state index is 6.05. The highest BCUT2D eigenvalue weighted by Gasteiger charge is 2.12. The number of aromatic nitrogens is 2. The molecule has 2 rings (SSSR count). The molecule has 0 saturated heterocycles. The number of hydrogen-bond donors (Lipinski definition) is 1. The van der Waals surface area contributed by atoms with E-state index in [1.807, 2.05) is 19.2 Å². The molecule has 0 atom stereocenters. The van der Waals surface area contributed by atoms with Gasteiger partial charge in [0, 0.05) is 4.47 Å². The molecule has 0 amide bonds. The summed E-state index contributed by atoms with van der Waals surface area (Å²) >= 11 is 9.42. The molecule has 1 aromatic carbocycles. The first-order valence-corrected chi connectivity index (χ1v) is 5.80. The van der Waals surface area contributed by atoms with Crippen molar-refractivity contribution < 1.29 is 4.52 Å². The summed E-state index contributed by atoms with van der Waals surface area (Å²) in [4.78, 5) is 4.23. The number of nitrogens with one attached hydrogen (secondary N) is 1. The minimum absolute atomic E-state index is 0.427. The quantitative estimate of drug-likeness (QED) is 0.947. The van der Waals surface area contributed by atoms with E-state index in [9.17, 15) is 0 Å². The lowest BCUT2D eigenvalue weighted by atomic mass is 10.2. The molecule has 0 aliphatic carbocycles. The van der Waals surface area contributed by atoms with Gasteiger partial charge in [-0.25, -0.2) is 0 Å². The van der Waals surface area contributed by atoms with Crippen molar-refractivity contribution in [2.75, 3.05) is 7.05 Å². The van der Waals surface area contributed by atoms with Crippen LogP contribution in [0.4, 0.5) is 0 Å². The van der Waals surface area contributed by atoms with Crippen molar-refractivity contribution in [2.45, 2.75) is 6.54 Å². The van der Waals surface area contributed by atoms with Crippen LogP contribution in [0.15, 0.2) is 27.2 Å². The predicted octanol–water partition coefficient (Wildman–Crippen LogP) is 2.87. The SMILES string of the molecule is CNCc1noc(-c2cc(Br)ccc2Cl)n1. The first-order valence-electron chi connectivity index (χ1n) is 4.63. The molecule has 1 heterocycles. The second-order valence-electron chi connectivity index (χ2n) is 3.17. The zero-order chi connectivity index (χ0) is 11.5. The standard InChI is InChI=1S/C10H9BrClN3O/c1-13-5-9-14-10(16-15-9)7-4-6(11)2-3-8(7)12/h2-4,13H,5H2,1H3. The Labute approximate surface area is 106 Å². The van der Waals surface area contributed by atoms with Crippen LogP contribution in [0.3, 0.4) is 0 Å². The van der Waals surface area contributed by atoms with Crippen molar-refractivity contribution in [3.8, 4) is 11.5 Å². The van der Waals surface area contributed by atoms with Gasteiger partial charge < -0.3 is 9.84 Å². The normalized spacial score (nSPS) is 10.7. The highest BCUT2D eigenvalue weighted by Crippen LogP contribution is 2.29. The Bertz CT molecular complexity index is 501. The highest BCUT2D eigenvalue weighted by molar-refractivity contribution is 9.10. The molecule has 4 nitrogen and oxygen atoms in total. The molecule has 0 unspecified atom stereocenters.